The van der Waals surface area contributed by atoms with Gasteiger partial charge in [-0.25, -0.2) is 0 Å². The van der Waals surface area contributed by atoms with E-state index in [1.807, 2.05) is 0 Å². The highest BCUT2D eigenvalue weighted by molar-refractivity contribution is 5.58. The quantitative estimate of drug-likeness (QED) is 0.348. The SMILES string of the molecule is Cc1ccc(N2CC(c3ccccc3)N(c3ccc(C)cc3)C(c3ccccc3)C2)cc1. The largest absolute Gasteiger partial charge is 0.367 e. The van der Waals surface area contributed by atoms with Crippen LogP contribution in [-0.4, -0.2) is 13.1 Å². The normalized spacial score (nSPS) is 18.6. The van der Waals surface area contributed by atoms with Gasteiger partial charge in [-0.1, -0.05) is 96.1 Å². The standard InChI is InChI=1S/C30H30N2/c1-23-13-17-27(18-14-23)31-21-29(25-9-5-3-6-10-25)32(28-19-15-24(2)16-20-28)30(22-31)26-11-7-4-8-12-26/h3-20,29-30H,21-22H2,1-2H3. The number of hydrogen-bond donors (Lipinski definition) is 0. The van der Waals surface area contributed by atoms with Gasteiger partial charge in [0.25, 0.3) is 0 Å². The molecule has 0 saturated carbocycles. The van der Waals surface area contributed by atoms with Crippen molar-refractivity contribution in [2.45, 2.75) is 25.9 Å². The predicted octanol–water partition coefficient (Wildman–Crippen LogP) is 7.11. The van der Waals surface area contributed by atoms with Gasteiger partial charge in [-0.15, -0.1) is 0 Å². The first-order chi connectivity index (χ1) is 15.7. The summed E-state index contributed by atoms with van der Waals surface area (Å²) in [6, 6.07) is 40.4. The van der Waals surface area contributed by atoms with E-state index in [0.29, 0.717) is 0 Å². The maximum Gasteiger partial charge on any atom is 0.0724 e. The molecular weight excluding hydrogens is 388 g/mol. The van der Waals surface area contributed by atoms with Crippen molar-refractivity contribution in [2.24, 2.45) is 0 Å². The molecule has 0 spiro atoms. The Labute approximate surface area is 191 Å². The Bertz CT molecular complexity index is 1090. The molecule has 1 fully saturated rings. The molecule has 0 bridgehead atoms. The molecule has 0 aliphatic carbocycles. The molecule has 0 aromatic heterocycles. The molecule has 2 unspecified atom stereocenters. The zero-order chi connectivity index (χ0) is 21.9. The van der Waals surface area contributed by atoms with Gasteiger partial charge in [0, 0.05) is 24.5 Å². The van der Waals surface area contributed by atoms with Crippen molar-refractivity contribution >= 4 is 11.4 Å². The number of piperazine rings is 1. The summed E-state index contributed by atoms with van der Waals surface area (Å²) in [5, 5.41) is 0. The number of anilines is 2. The van der Waals surface area contributed by atoms with Crippen LogP contribution < -0.4 is 9.80 Å². The van der Waals surface area contributed by atoms with E-state index in [4.69, 9.17) is 0 Å². The van der Waals surface area contributed by atoms with Gasteiger partial charge in [-0.3, -0.25) is 0 Å². The van der Waals surface area contributed by atoms with Crippen molar-refractivity contribution in [3.8, 4) is 0 Å². The Balaban J connectivity index is 1.64. The lowest BCUT2D eigenvalue weighted by Crippen LogP contribution is -2.50. The van der Waals surface area contributed by atoms with Gasteiger partial charge in [0.05, 0.1) is 12.1 Å². The first-order valence-corrected chi connectivity index (χ1v) is 11.5. The van der Waals surface area contributed by atoms with Crippen LogP contribution in [0.1, 0.15) is 34.3 Å². The molecule has 4 aromatic carbocycles. The van der Waals surface area contributed by atoms with Crippen molar-refractivity contribution in [2.75, 3.05) is 22.9 Å². The Morgan fingerprint density at radius 3 is 1.34 bits per heavy atom. The minimum atomic E-state index is 0.249. The lowest BCUT2D eigenvalue weighted by atomic mass is 9.93. The van der Waals surface area contributed by atoms with Crippen LogP contribution in [0, 0.1) is 13.8 Å². The molecule has 5 rings (SSSR count). The van der Waals surface area contributed by atoms with Crippen molar-refractivity contribution in [1.29, 1.82) is 0 Å². The van der Waals surface area contributed by atoms with Crippen LogP contribution in [0.15, 0.2) is 109 Å². The van der Waals surface area contributed by atoms with Crippen molar-refractivity contribution in [3.05, 3.63) is 131 Å². The highest BCUT2D eigenvalue weighted by Crippen LogP contribution is 2.41. The van der Waals surface area contributed by atoms with E-state index in [1.165, 1.54) is 33.6 Å². The third kappa shape index (κ3) is 4.13. The molecular formula is C30H30N2. The molecule has 32 heavy (non-hydrogen) atoms. The van der Waals surface area contributed by atoms with Gasteiger partial charge in [0.2, 0.25) is 0 Å². The van der Waals surface area contributed by atoms with Crippen LogP contribution in [0.4, 0.5) is 11.4 Å². The summed E-state index contributed by atoms with van der Waals surface area (Å²) < 4.78 is 0. The number of benzene rings is 4. The van der Waals surface area contributed by atoms with E-state index in [1.54, 1.807) is 0 Å². The van der Waals surface area contributed by atoms with Crippen molar-refractivity contribution in [3.63, 3.8) is 0 Å². The third-order valence-corrected chi connectivity index (χ3v) is 6.56. The van der Waals surface area contributed by atoms with Gasteiger partial charge >= 0.3 is 0 Å². The first kappa shape index (κ1) is 20.4. The molecule has 0 amide bonds. The molecule has 2 heteroatoms. The average Bonchev–Trinajstić information content (AvgIpc) is 2.85. The third-order valence-electron chi connectivity index (χ3n) is 6.56. The fourth-order valence-corrected chi connectivity index (χ4v) is 4.81. The second-order valence-corrected chi connectivity index (χ2v) is 8.84. The minimum absolute atomic E-state index is 0.249. The minimum Gasteiger partial charge on any atom is -0.367 e. The topological polar surface area (TPSA) is 6.48 Å². The number of rotatable bonds is 4. The Kier molecular flexibility index (Phi) is 5.68. The molecule has 1 heterocycles. The molecule has 1 saturated heterocycles. The van der Waals surface area contributed by atoms with Crippen LogP contribution in [0.5, 0.6) is 0 Å². The zero-order valence-corrected chi connectivity index (χ0v) is 18.9. The highest BCUT2D eigenvalue weighted by atomic mass is 15.3. The predicted molar refractivity (Wildman–Crippen MR) is 135 cm³/mol. The van der Waals surface area contributed by atoms with Crippen LogP contribution in [0.25, 0.3) is 0 Å². The molecule has 1 aliphatic heterocycles. The molecule has 0 radical (unpaired) electrons. The van der Waals surface area contributed by atoms with Gasteiger partial charge in [0.1, 0.15) is 0 Å². The lowest BCUT2D eigenvalue weighted by Gasteiger charge is -2.49. The molecule has 160 valence electrons. The first-order valence-electron chi connectivity index (χ1n) is 11.5. The smallest absolute Gasteiger partial charge is 0.0724 e. The second-order valence-electron chi connectivity index (χ2n) is 8.84. The summed E-state index contributed by atoms with van der Waals surface area (Å²) in [5.74, 6) is 0. The molecule has 2 atom stereocenters. The number of nitrogens with zero attached hydrogens (tertiary/aromatic N) is 2. The number of hydrogen-bond acceptors (Lipinski definition) is 2. The summed E-state index contributed by atoms with van der Waals surface area (Å²) in [5.41, 5.74) is 7.87. The van der Waals surface area contributed by atoms with E-state index >= 15 is 0 Å². The van der Waals surface area contributed by atoms with Gasteiger partial charge < -0.3 is 9.80 Å². The highest BCUT2D eigenvalue weighted by Gasteiger charge is 2.36. The lowest BCUT2D eigenvalue weighted by molar-refractivity contribution is 0.455. The fraction of sp³-hybridized carbons (Fsp3) is 0.200. The van der Waals surface area contributed by atoms with Crippen molar-refractivity contribution < 1.29 is 0 Å². The van der Waals surface area contributed by atoms with Crippen LogP contribution >= 0.6 is 0 Å². The fourth-order valence-electron chi connectivity index (χ4n) is 4.81. The monoisotopic (exact) mass is 418 g/mol. The van der Waals surface area contributed by atoms with Gasteiger partial charge in [0.15, 0.2) is 0 Å². The van der Waals surface area contributed by atoms with Crippen LogP contribution in [-0.2, 0) is 0 Å². The summed E-state index contributed by atoms with van der Waals surface area (Å²) >= 11 is 0. The zero-order valence-electron chi connectivity index (χ0n) is 18.9. The van der Waals surface area contributed by atoms with E-state index in [9.17, 15) is 0 Å². The molecule has 4 aromatic rings. The molecule has 2 nitrogen and oxygen atoms in total. The Morgan fingerprint density at radius 2 is 0.906 bits per heavy atom. The summed E-state index contributed by atoms with van der Waals surface area (Å²) in [6.45, 7) is 6.20. The molecule has 0 N–H and O–H groups in total. The van der Waals surface area contributed by atoms with E-state index < -0.39 is 0 Å². The molecule has 1 aliphatic rings. The average molecular weight is 419 g/mol. The van der Waals surface area contributed by atoms with E-state index in [0.717, 1.165) is 13.1 Å². The summed E-state index contributed by atoms with van der Waals surface area (Å²) in [4.78, 5) is 5.19. The van der Waals surface area contributed by atoms with Crippen molar-refractivity contribution in [1.82, 2.24) is 0 Å². The Morgan fingerprint density at radius 1 is 0.500 bits per heavy atom. The van der Waals surface area contributed by atoms with Gasteiger partial charge in [-0.05, 0) is 49.2 Å². The van der Waals surface area contributed by atoms with Crippen LogP contribution in [0.3, 0.4) is 0 Å². The van der Waals surface area contributed by atoms with E-state index in [-0.39, 0.29) is 12.1 Å². The Hall–Kier alpha value is -3.52. The maximum atomic E-state index is 2.63. The summed E-state index contributed by atoms with van der Waals surface area (Å²) in [7, 11) is 0. The van der Waals surface area contributed by atoms with Crippen LogP contribution in [0.2, 0.25) is 0 Å². The maximum absolute atomic E-state index is 2.63. The van der Waals surface area contributed by atoms with Gasteiger partial charge in [-0.2, -0.15) is 0 Å². The second kappa shape index (κ2) is 8.92. The van der Waals surface area contributed by atoms with E-state index in [2.05, 4.69) is 133 Å². The summed E-state index contributed by atoms with van der Waals surface area (Å²) in [6.07, 6.45) is 0. The number of aryl methyl sites for hydroxylation is 2.